The minimum atomic E-state index is -0.116. The van der Waals surface area contributed by atoms with Gasteiger partial charge in [-0.05, 0) is 66.1 Å². The first-order chi connectivity index (χ1) is 17.2. The van der Waals surface area contributed by atoms with E-state index in [1.165, 1.54) is 11.8 Å². The van der Waals surface area contributed by atoms with Crippen LogP contribution in [0.15, 0.2) is 101 Å². The van der Waals surface area contributed by atoms with Gasteiger partial charge in [-0.3, -0.25) is 14.3 Å². The molecule has 174 valence electrons. The Kier molecular flexibility index (Phi) is 6.72. The first-order valence-corrected chi connectivity index (χ1v) is 12.1. The van der Waals surface area contributed by atoms with Gasteiger partial charge >= 0.3 is 0 Å². The Balaban J connectivity index is 1.39. The molecule has 2 aromatic carbocycles. The highest BCUT2D eigenvalue weighted by Gasteiger charge is 2.19. The van der Waals surface area contributed by atoms with Crippen molar-refractivity contribution in [2.24, 2.45) is 0 Å². The van der Waals surface area contributed by atoms with E-state index in [0.717, 1.165) is 22.4 Å². The second-order valence-corrected chi connectivity index (χ2v) is 8.88. The minimum absolute atomic E-state index is 0.116. The molecule has 0 radical (unpaired) electrons. The van der Waals surface area contributed by atoms with Gasteiger partial charge in [0.05, 0.1) is 12.0 Å². The summed E-state index contributed by atoms with van der Waals surface area (Å²) >= 11 is 1.52. The number of carbonyl (C=O) groups is 1. The van der Waals surface area contributed by atoms with Crippen molar-refractivity contribution in [1.82, 2.24) is 25.1 Å². The molecule has 0 aliphatic heterocycles. The maximum absolute atomic E-state index is 13.0. The van der Waals surface area contributed by atoms with Crippen LogP contribution in [-0.4, -0.2) is 25.7 Å². The molecule has 0 spiro atoms. The number of rotatable bonds is 8. The second-order valence-electron chi connectivity index (χ2n) is 7.94. The lowest BCUT2D eigenvalue weighted by Crippen LogP contribution is -2.23. The van der Waals surface area contributed by atoms with Gasteiger partial charge in [0, 0.05) is 30.3 Å². The van der Waals surface area contributed by atoms with E-state index in [9.17, 15) is 4.79 Å². The van der Waals surface area contributed by atoms with Gasteiger partial charge in [0.25, 0.3) is 5.91 Å². The molecule has 0 unspecified atom stereocenters. The third-order valence-electron chi connectivity index (χ3n) is 5.46. The van der Waals surface area contributed by atoms with E-state index in [1.54, 1.807) is 18.7 Å². The van der Waals surface area contributed by atoms with Crippen molar-refractivity contribution in [3.8, 4) is 17.3 Å². The normalized spacial score (nSPS) is 10.9. The molecule has 5 aromatic rings. The summed E-state index contributed by atoms with van der Waals surface area (Å²) < 4.78 is 7.60. The molecule has 1 amide bonds. The van der Waals surface area contributed by atoms with Crippen molar-refractivity contribution in [3.05, 3.63) is 114 Å². The summed E-state index contributed by atoms with van der Waals surface area (Å²) in [5.41, 5.74) is 4.64. The molecule has 8 heteroatoms. The molecule has 0 atom stereocenters. The number of carbonyl (C=O) groups excluding carboxylic acids is 1. The second kappa shape index (κ2) is 10.4. The average Bonchev–Trinajstić information content (AvgIpc) is 3.57. The first-order valence-electron chi connectivity index (χ1n) is 11.1. The minimum Gasteiger partial charge on any atom is -0.461 e. The van der Waals surface area contributed by atoms with Crippen LogP contribution in [0.25, 0.3) is 17.3 Å². The summed E-state index contributed by atoms with van der Waals surface area (Å²) in [5.74, 6) is 1.71. The monoisotopic (exact) mass is 481 g/mol. The standard InChI is InChI=1S/C27H23N5O2S/c1-19-6-4-8-22(16-19)32-25(24-10-5-15-34-24)30-31-27(32)35-18-21-7-2-3-9-23(21)26(33)29-17-20-11-13-28-14-12-20/h2-16H,17-18H2,1H3,(H,29,33). The Morgan fingerprint density at radius 3 is 2.66 bits per heavy atom. The molecule has 0 aliphatic carbocycles. The highest BCUT2D eigenvalue weighted by Crippen LogP contribution is 2.31. The van der Waals surface area contributed by atoms with Crippen LogP contribution in [0.1, 0.15) is 27.0 Å². The van der Waals surface area contributed by atoms with Gasteiger partial charge in [-0.2, -0.15) is 0 Å². The molecule has 3 aromatic heterocycles. The Labute approximate surface area is 207 Å². The lowest BCUT2D eigenvalue weighted by molar-refractivity contribution is 0.0950. The largest absolute Gasteiger partial charge is 0.461 e. The molecule has 0 saturated heterocycles. The lowest BCUT2D eigenvalue weighted by Gasteiger charge is -2.12. The summed E-state index contributed by atoms with van der Waals surface area (Å²) in [7, 11) is 0. The molecule has 0 aliphatic rings. The van der Waals surface area contributed by atoms with Crippen LogP contribution in [-0.2, 0) is 12.3 Å². The summed E-state index contributed by atoms with van der Waals surface area (Å²) in [4.78, 5) is 17.0. The van der Waals surface area contributed by atoms with Gasteiger partial charge in [0.15, 0.2) is 10.9 Å². The number of furan rings is 1. The zero-order chi connectivity index (χ0) is 24.0. The maximum atomic E-state index is 13.0. The zero-order valence-corrected chi connectivity index (χ0v) is 19.9. The molecule has 5 rings (SSSR count). The van der Waals surface area contributed by atoms with E-state index in [2.05, 4.69) is 26.6 Å². The number of nitrogens with one attached hydrogen (secondary N) is 1. The topological polar surface area (TPSA) is 85.8 Å². The van der Waals surface area contributed by atoms with E-state index < -0.39 is 0 Å². The Bertz CT molecular complexity index is 1430. The predicted molar refractivity (Wildman–Crippen MR) is 135 cm³/mol. The fourth-order valence-electron chi connectivity index (χ4n) is 3.72. The number of pyridine rings is 1. The van der Waals surface area contributed by atoms with E-state index >= 15 is 0 Å². The Morgan fingerprint density at radius 2 is 1.86 bits per heavy atom. The molecule has 35 heavy (non-hydrogen) atoms. The van der Waals surface area contributed by atoms with Crippen LogP contribution in [0.3, 0.4) is 0 Å². The molecule has 0 fully saturated rings. The fraction of sp³-hybridized carbons (Fsp3) is 0.111. The number of benzene rings is 2. The third kappa shape index (κ3) is 5.17. The highest BCUT2D eigenvalue weighted by atomic mass is 32.2. The molecule has 1 N–H and O–H groups in total. The molecule has 3 heterocycles. The molecule has 7 nitrogen and oxygen atoms in total. The van der Waals surface area contributed by atoms with Crippen LogP contribution < -0.4 is 5.32 Å². The van der Waals surface area contributed by atoms with Gasteiger partial charge in [-0.1, -0.05) is 42.1 Å². The predicted octanol–water partition coefficient (Wildman–Crippen LogP) is 5.45. The van der Waals surface area contributed by atoms with Crippen molar-refractivity contribution in [2.75, 3.05) is 0 Å². The van der Waals surface area contributed by atoms with Gasteiger partial charge < -0.3 is 9.73 Å². The van der Waals surface area contributed by atoms with Gasteiger partial charge in [0.2, 0.25) is 5.82 Å². The quantitative estimate of drug-likeness (QED) is 0.297. The van der Waals surface area contributed by atoms with Crippen molar-refractivity contribution in [2.45, 2.75) is 24.4 Å². The fourth-order valence-corrected chi connectivity index (χ4v) is 4.67. The Hall–Kier alpha value is -4.17. The molecule has 0 saturated carbocycles. The smallest absolute Gasteiger partial charge is 0.251 e. The van der Waals surface area contributed by atoms with Gasteiger partial charge in [0.1, 0.15) is 0 Å². The van der Waals surface area contributed by atoms with Crippen molar-refractivity contribution in [3.63, 3.8) is 0 Å². The summed E-state index contributed by atoms with van der Waals surface area (Å²) in [6.07, 6.45) is 5.05. The van der Waals surface area contributed by atoms with Crippen LogP contribution >= 0.6 is 11.8 Å². The number of aromatic nitrogens is 4. The highest BCUT2D eigenvalue weighted by molar-refractivity contribution is 7.98. The summed E-state index contributed by atoms with van der Waals surface area (Å²) in [6, 6.07) is 23.3. The number of hydrogen-bond acceptors (Lipinski definition) is 6. The third-order valence-corrected chi connectivity index (χ3v) is 6.43. The zero-order valence-electron chi connectivity index (χ0n) is 19.1. The number of aryl methyl sites for hydroxylation is 1. The van der Waals surface area contributed by atoms with E-state index in [4.69, 9.17) is 4.42 Å². The summed E-state index contributed by atoms with van der Waals surface area (Å²) in [5, 5.41) is 12.6. The molecule has 0 bridgehead atoms. The van der Waals surface area contributed by atoms with Crippen molar-refractivity contribution >= 4 is 17.7 Å². The first kappa shape index (κ1) is 22.6. The van der Waals surface area contributed by atoms with Crippen molar-refractivity contribution < 1.29 is 9.21 Å². The van der Waals surface area contributed by atoms with Gasteiger partial charge in [-0.25, -0.2) is 0 Å². The average molecular weight is 482 g/mol. The van der Waals surface area contributed by atoms with Gasteiger partial charge in [-0.15, -0.1) is 10.2 Å². The van der Waals surface area contributed by atoms with Crippen LogP contribution in [0.5, 0.6) is 0 Å². The van der Waals surface area contributed by atoms with E-state index in [1.807, 2.05) is 78.2 Å². The molecular weight excluding hydrogens is 458 g/mol. The number of amides is 1. The number of thioether (sulfide) groups is 1. The van der Waals surface area contributed by atoms with E-state index in [0.29, 0.717) is 34.6 Å². The van der Waals surface area contributed by atoms with Crippen LogP contribution in [0.2, 0.25) is 0 Å². The number of hydrogen-bond donors (Lipinski definition) is 1. The van der Waals surface area contributed by atoms with Crippen LogP contribution in [0, 0.1) is 6.92 Å². The van der Waals surface area contributed by atoms with E-state index in [-0.39, 0.29) is 5.91 Å². The van der Waals surface area contributed by atoms with Crippen molar-refractivity contribution in [1.29, 1.82) is 0 Å². The summed E-state index contributed by atoms with van der Waals surface area (Å²) in [6.45, 7) is 2.49. The van der Waals surface area contributed by atoms with Crippen LogP contribution in [0.4, 0.5) is 0 Å². The lowest BCUT2D eigenvalue weighted by atomic mass is 10.1. The maximum Gasteiger partial charge on any atom is 0.251 e. The Morgan fingerprint density at radius 1 is 1.00 bits per heavy atom. The molecular formula is C27H23N5O2S. The number of nitrogens with zero attached hydrogens (tertiary/aromatic N) is 4. The SMILES string of the molecule is Cc1cccc(-n2c(SCc3ccccc3C(=O)NCc3ccncc3)nnc2-c2ccco2)c1.